The molecule has 2 N–H and O–H groups in total. The van der Waals surface area contributed by atoms with E-state index in [1.54, 1.807) is 6.20 Å². The van der Waals surface area contributed by atoms with E-state index in [1.165, 1.54) is 44.1 Å². The summed E-state index contributed by atoms with van der Waals surface area (Å²) in [5.41, 5.74) is 6.97. The van der Waals surface area contributed by atoms with Gasteiger partial charge in [0, 0.05) is 6.20 Å². The monoisotopic (exact) mass is 206 g/mol. The largest absolute Gasteiger partial charge is 0.383 e. The topological polar surface area (TPSA) is 38.9 Å². The molecule has 2 nitrogen and oxygen atoms in total. The molecule has 1 heterocycles. The number of aromatic nitrogens is 1. The standard InChI is InChI=1S/C13H22N2/c1-2-3-4-5-6-7-9-12-10-8-11-15-13(12)14/h8,10-11H,2-7,9H2,1H3,(H2,14,15). The number of aryl methyl sites for hydroxylation is 1. The minimum atomic E-state index is 0.700. The Kier molecular flexibility index (Phi) is 5.83. The second kappa shape index (κ2) is 7.27. The van der Waals surface area contributed by atoms with Crippen LogP contribution in [0.2, 0.25) is 0 Å². The van der Waals surface area contributed by atoms with Crippen molar-refractivity contribution in [3.63, 3.8) is 0 Å². The summed E-state index contributed by atoms with van der Waals surface area (Å²) in [6, 6.07) is 4.04. The van der Waals surface area contributed by atoms with Crippen LogP contribution in [0.4, 0.5) is 5.82 Å². The van der Waals surface area contributed by atoms with Gasteiger partial charge < -0.3 is 5.73 Å². The summed E-state index contributed by atoms with van der Waals surface area (Å²) in [7, 11) is 0. The lowest BCUT2D eigenvalue weighted by Crippen LogP contribution is -1.96. The van der Waals surface area contributed by atoms with Gasteiger partial charge >= 0.3 is 0 Å². The molecule has 1 aromatic heterocycles. The number of anilines is 1. The maximum atomic E-state index is 5.77. The smallest absolute Gasteiger partial charge is 0.126 e. The molecule has 0 aromatic carbocycles. The van der Waals surface area contributed by atoms with Gasteiger partial charge in [0.2, 0.25) is 0 Å². The van der Waals surface area contributed by atoms with Crippen LogP contribution in [0.25, 0.3) is 0 Å². The van der Waals surface area contributed by atoms with Gasteiger partial charge in [0.1, 0.15) is 5.82 Å². The van der Waals surface area contributed by atoms with Gasteiger partial charge in [-0.2, -0.15) is 0 Å². The zero-order valence-corrected chi connectivity index (χ0v) is 9.71. The van der Waals surface area contributed by atoms with Crippen LogP contribution in [0.5, 0.6) is 0 Å². The first-order valence-electron chi connectivity index (χ1n) is 6.04. The molecular formula is C13H22N2. The molecule has 0 radical (unpaired) electrons. The van der Waals surface area contributed by atoms with Gasteiger partial charge in [-0.1, -0.05) is 45.1 Å². The number of nitrogens with zero attached hydrogens (tertiary/aromatic N) is 1. The number of unbranched alkanes of at least 4 members (excludes halogenated alkanes) is 5. The van der Waals surface area contributed by atoms with Crippen LogP contribution in [-0.4, -0.2) is 4.98 Å². The van der Waals surface area contributed by atoms with E-state index in [2.05, 4.69) is 18.0 Å². The zero-order chi connectivity index (χ0) is 10.9. The van der Waals surface area contributed by atoms with Crippen molar-refractivity contribution >= 4 is 5.82 Å². The van der Waals surface area contributed by atoms with Crippen molar-refractivity contribution < 1.29 is 0 Å². The predicted molar refractivity (Wildman–Crippen MR) is 65.7 cm³/mol. The summed E-state index contributed by atoms with van der Waals surface area (Å²) in [6.45, 7) is 2.25. The molecule has 0 aliphatic carbocycles. The summed E-state index contributed by atoms with van der Waals surface area (Å²) in [5.74, 6) is 0.700. The Morgan fingerprint density at radius 1 is 1.13 bits per heavy atom. The summed E-state index contributed by atoms with van der Waals surface area (Å²) in [4.78, 5) is 4.09. The van der Waals surface area contributed by atoms with E-state index in [0.29, 0.717) is 5.82 Å². The number of rotatable bonds is 7. The molecular weight excluding hydrogens is 184 g/mol. The summed E-state index contributed by atoms with van der Waals surface area (Å²) in [6.07, 6.45) is 10.8. The summed E-state index contributed by atoms with van der Waals surface area (Å²) < 4.78 is 0. The number of hydrogen-bond acceptors (Lipinski definition) is 2. The van der Waals surface area contributed by atoms with E-state index < -0.39 is 0 Å². The first kappa shape index (κ1) is 12.0. The fraction of sp³-hybridized carbons (Fsp3) is 0.615. The van der Waals surface area contributed by atoms with Gasteiger partial charge in [-0.15, -0.1) is 0 Å². The average molecular weight is 206 g/mol. The van der Waals surface area contributed by atoms with Crippen LogP contribution in [0.1, 0.15) is 51.0 Å². The van der Waals surface area contributed by atoms with Crippen LogP contribution in [0.3, 0.4) is 0 Å². The Bertz CT molecular complexity index is 271. The van der Waals surface area contributed by atoms with E-state index in [1.807, 2.05) is 6.07 Å². The summed E-state index contributed by atoms with van der Waals surface area (Å²) >= 11 is 0. The highest BCUT2D eigenvalue weighted by atomic mass is 14.8. The maximum Gasteiger partial charge on any atom is 0.126 e. The molecule has 0 aliphatic heterocycles. The van der Waals surface area contributed by atoms with Crippen molar-refractivity contribution in [2.45, 2.75) is 51.9 Å². The summed E-state index contributed by atoms with van der Waals surface area (Å²) in [5, 5.41) is 0. The van der Waals surface area contributed by atoms with Crippen molar-refractivity contribution in [1.29, 1.82) is 0 Å². The highest BCUT2D eigenvalue weighted by Gasteiger charge is 1.98. The van der Waals surface area contributed by atoms with Gasteiger partial charge in [-0.05, 0) is 24.5 Å². The Morgan fingerprint density at radius 2 is 1.87 bits per heavy atom. The third kappa shape index (κ3) is 4.82. The van der Waals surface area contributed by atoms with Gasteiger partial charge in [-0.3, -0.25) is 0 Å². The van der Waals surface area contributed by atoms with E-state index in [9.17, 15) is 0 Å². The quantitative estimate of drug-likeness (QED) is 0.693. The molecule has 0 saturated carbocycles. The van der Waals surface area contributed by atoms with Crippen molar-refractivity contribution in [2.24, 2.45) is 0 Å². The second-order valence-corrected chi connectivity index (χ2v) is 4.07. The normalized spacial score (nSPS) is 10.5. The highest BCUT2D eigenvalue weighted by Crippen LogP contribution is 2.13. The van der Waals surface area contributed by atoms with E-state index in [0.717, 1.165) is 6.42 Å². The molecule has 0 atom stereocenters. The van der Waals surface area contributed by atoms with Crippen LogP contribution >= 0.6 is 0 Å². The number of hydrogen-bond donors (Lipinski definition) is 1. The van der Waals surface area contributed by atoms with E-state index in [4.69, 9.17) is 5.73 Å². The first-order valence-corrected chi connectivity index (χ1v) is 6.04. The minimum absolute atomic E-state index is 0.700. The second-order valence-electron chi connectivity index (χ2n) is 4.07. The lowest BCUT2D eigenvalue weighted by Gasteiger charge is -2.03. The maximum absolute atomic E-state index is 5.77. The number of pyridine rings is 1. The van der Waals surface area contributed by atoms with Gasteiger partial charge in [0.05, 0.1) is 0 Å². The van der Waals surface area contributed by atoms with Crippen LogP contribution in [0.15, 0.2) is 18.3 Å². The molecule has 84 valence electrons. The highest BCUT2D eigenvalue weighted by molar-refractivity contribution is 5.38. The third-order valence-corrected chi connectivity index (χ3v) is 2.73. The minimum Gasteiger partial charge on any atom is -0.383 e. The lowest BCUT2D eigenvalue weighted by molar-refractivity contribution is 0.607. The fourth-order valence-electron chi connectivity index (χ4n) is 1.76. The van der Waals surface area contributed by atoms with Crippen LogP contribution < -0.4 is 5.73 Å². The lowest BCUT2D eigenvalue weighted by atomic mass is 10.1. The molecule has 15 heavy (non-hydrogen) atoms. The van der Waals surface area contributed by atoms with Crippen molar-refractivity contribution in [3.05, 3.63) is 23.9 Å². The van der Waals surface area contributed by atoms with Crippen molar-refractivity contribution in [1.82, 2.24) is 4.98 Å². The molecule has 2 heteroatoms. The predicted octanol–water partition coefficient (Wildman–Crippen LogP) is 3.57. The van der Waals surface area contributed by atoms with E-state index in [-0.39, 0.29) is 0 Å². The van der Waals surface area contributed by atoms with Gasteiger partial charge in [-0.25, -0.2) is 4.98 Å². The number of nitrogen functional groups attached to an aromatic ring is 1. The zero-order valence-electron chi connectivity index (χ0n) is 9.71. The number of nitrogens with two attached hydrogens (primary N) is 1. The molecule has 0 unspecified atom stereocenters. The first-order chi connectivity index (χ1) is 7.34. The SMILES string of the molecule is CCCCCCCCc1cccnc1N. The third-order valence-electron chi connectivity index (χ3n) is 2.73. The average Bonchev–Trinajstić information content (AvgIpc) is 2.25. The molecule has 1 rings (SSSR count). The molecule has 1 aromatic rings. The molecule has 0 aliphatic rings. The van der Waals surface area contributed by atoms with Gasteiger partial charge in [0.25, 0.3) is 0 Å². The molecule has 0 bridgehead atoms. The molecule has 0 spiro atoms. The van der Waals surface area contributed by atoms with Crippen LogP contribution in [-0.2, 0) is 6.42 Å². The Morgan fingerprint density at radius 3 is 2.60 bits per heavy atom. The van der Waals surface area contributed by atoms with Crippen molar-refractivity contribution in [2.75, 3.05) is 5.73 Å². The molecule has 0 amide bonds. The Hall–Kier alpha value is -1.05. The van der Waals surface area contributed by atoms with Crippen LogP contribution in [0, 0.1) is 0 Å². The van der Waals surface area contributed by atoms with Crippen molar-refractivity contribution in [3.8, 4) is 0 Å². The molecule has 0 saturated heterocycles. The van der Waals surface area contributed by atoms with E-state index >= 15 is 0 Å². The van der Waals surface area contributed by atoms with Gasteiger partial charge in [0.15, 0.2) is 0 Å². The Balaban J connectivity index is 2.12. The fourth-order valence-corrected chi connectivity index (χ4v) is 1.76. The Labute approximate surface area is 92.9 Å². The molecule has 0 fully saturated rings.